The van der Waals surface area contributed by atoms with Crippen LogP contribution in [-0.4, -0.2) is 24.6 Å². The predicted molar refractivity (Wildman–Crippen MR) is 67.3 cm³/mol. The van der Waals surface area contributed by atoms with Crippen molar-refractivity contribution in [1.29, 1.82) is 0 Å². The summed E-state index contributed by atoms with van der Waals surface area (Å²) in [5, 5.41) is 0. The number of nitrogens with two attached hydrogens (primary N) is 1. The van der Waals surface area contributed by atoms with Crippen LogP contribution in [-0.2, 0) is 9.53 Å². The van der Waals surface area contributed by atoms with Gasteiger partial charge in [-0.15, -0.1) is 0 Å². The minimum atomic E-state index is -0.265. The van der Waals surface area contributed by atoms with Crippen LogP contribution < -0.4 is 5.73 Å². The number of hydrogen-bond acceptors (Lipinski definition) is 4. The van der Waals surface area contributed by atoms with Gasteiger partial charge in [-0.05, 0) is 17.7 Å². The predicted octanol–water partition coefficient (Wildman–Crippen LogP) is 2.12. The van der Waals surface area contributed by atoms with Gasteiger partial charge in [0, 0.05) is 17.5 Å². The molecule has 1 unspecified atom stereocenters. The Morgan fingerprint density at radius 1 is 1.47 bits per heavy atom. The van der Waals surface area contributed by atoms with Crippen molar-refractivity contribution in [2.24, 2.45) is 5.73 Å². The average molecular weight is 257 g/mol. The molecule has 2 N–H and O–H groups in total. The average Bonchev–Trinajstić information content (AvgIpc) is 2.34. The van der Waals surface area contributed by atoms with Crippen LogP contribution in [0.5, 0.6) is 0 Å². The molecule has 0 saturated heterocycles. The molecule has 1 aromatic carbocycles. The number of esters is 1. The molecule has 0 saturated carbocycles. The number of carbonyl (C=O) groups is 1. The molecule has 0 fully saturated rings. The highest BCUT2D eigenvalue weighted by atomic mass is 32.2. The lowest BCUT2D eigenvalue weighted by molar-refractivity contribution is -0.140. The maximum Gasteiger partial charge on any atom is 0.306 e. The highest BCUT2D eigenvalue weighted by Gasteiger charge is 2.07. The summed E-state index contributed by atoms with van der Waals surface area (Å²) in [6.45, 7) is 0. The normalized spacial score (nSPS) is 12.2. The molecule has 0 aromatic heterocycles. The second-order valence-electron chi connectivity index (χ2n) is 3.56. The number of methoxy groups -OCH3 is 1. The van der Waals surface area contributed by atoms with Gasteiger partial charge in [-0.3, -0.25) is 4.79 Å². The fourth-order valence-electron chi connectivity index (χ4n) is 1.27. The minimum Gasteiger partial charge on any atom is -0.469 e. The van der Waals surface area contributed by atoms with Crippen LogP contribution in [0.25, 0.3) is 0 Å². The third-order valence-corrected chi connectivity index (χ3v) is 3.36. The lowest BCUT2D eigenvalue weighted by Crippen LogP contribution is -2.13. The first kappa shape index (κ1) is 14.0. The van der Waals surface area contributed by atoms with E-state index >= 15 is 0 Å². The van der Waals surface area contributed by atoms with Crippen molar-refractivity contribution in [2.75, 3.05) is 18.6 Å². The van der Waals surface area contributed by atoms with Crippen LogP contribution in [0.1, 0.15) is 18.0 Å². The van der Waals surface area contributed by atoms with Gasteiger partial charge in [0.2, 0.25) is 0 Å². The summed E-state index contributed by atoms with van der Waals surface area (Å²) >= 11 is 1.58. The highest BCUT2D eigenvalue weighted by molar-refractivity contribution is 7.99. The summed E-state index contributed by atoms with van der Waals surface area (Å²) in [6.07, 6.45) is 0.386. The Morgan fingerprint density at radius 3 is 2.71 bits per heavy atom. The van der Waals surface area contributed by atoms with E-state index in [1.54, 1.807) is 23.9 Å². The molecule has 0 heterocycles. The maximum atomic E-state index is 12.7. The van der Waals surface area contributed by atoms with Gasteiger partial charge in [-0.2, -0.15) is 11.8 Å². The molecular weight excluding hydrogens is 241 g/mol. The van der Waals surface area contributed by atoms with Crippen LogP contribution in [0.4, 0.5) is 4.39 Å². The van der Waals surface area contributed by atoms with Gasteiger partial charge in [0.1, 0.15) is 5.82 Å². The molecule has 0 aliphatic heterocycles. The van der Waals surface area contributed by atoms with Gasteiger partial charge in [-0.1, -0.05) is 12.1 Å². The quantitative estimate of drug-likeness (QED) is 0.626. The summed E-state index contributed by atoms with van der Waals surface area (Å²) in [5.74, 6) is 0.900. The first-order chi connectivity index (χ1) is 8.13. The minimum absolute atomic E-state index is 0.141. The number of ether oxygens (including phenoxy) is 1. The Hall–Kier alpha value is -1.07. The second-order valence-corrected chi connectivity index (χ2v) is 4.71. The molecule has 3 nitrogen and oxygen atoms in total. The second kappa shape index (κ2) is 7.29. The number of carbonyl (C=O) groups excluding carboxylic acids is 1. The number of thioether (sulfide) groups is 1. The van der Waals surface area contributed by atoms with E-state index in [9.17, 15) is 9.18 Å². The SMILES string of the molecule is COC(=O)CCSCC(N)c1ccc(F)cc1. The molecule has 0 aliphatic rings. The Bertz CT molecular complexity index is 356. The standard InChI is InChI=1S/C12H16FNO2S/c1-16-12(15)6-7-17-8-11(14)9-2-4-10(13)5-3-9/h2-5,11H,6-8,14H2,1H3. The van der Waals surface area contributed by atoms with E-state index in [1.165, 1.54) is 19.2 Å². The molecule has 0 aliphatic carbocycles. The van der Waals surface area contributed by atoms with E-state index in [2.05, 4.69) is 4.74 Å². The Kier molecular flexibility index (Phi) is 6.00. The topological polar surface area (TPSA) is 52.3 Å². The van der Waals surface area contributed by atoms with Gasteiger partial charge >= 0.3 is 5.97 Å². The zero-order chi connectivity index (χ0) is 12.7. The highest BCUT2D eigenvalue weighted by Crippen LogP contribution is 2.17. The smallest absolute Gasteiger partial charge is 0.306 e. The lowest BCUT2D eigenvalue weighted by Gasteiger charge is -2.11. The summed E-state index contributed by atoms with van der Waals surface area (Å²) in [4.78, 5) is 10.9. The largest absolute Gasteiger partial charge is 0.469 e. The van der Waals surface area contributed by atoms with E-state index < -0.39 is 0 Å². The monoisotopic (exact) mass is 257 g/mol. The van der Waals surface area contributed by atoms with E-state index in [4.69, 9.17) is 5.73 Å². The molecular formula is C12H16FNO2S. The fraction of sp³-hybridized carbons (Fsp3) is 0.417. The van der Waals surface area contributed by atoms with Crippen molar-refractivity contribution in [1.82, 2.24) is 0 Å². The molecule has 5 heteroatoms. The Labute approximate surface area is 105 Å². The van der Waals surface area contributed by atoms with Crippen LogP contribution in [0, 0.1) is 5.82 Å². The van der Waals surface area contributed by atoms with Crippen LogP contribution in [0.2, 0.25) is 0 Å². The zero-order valence-corrected chi connectivity index (χ0v) is 10.5. The first-order valence-electron chi connectivity index (χ1n) is 5.29. The molecule has 1 aromatic rings. The van der Waals surface area contributed by atoms with Gasteiger partial charge < -0.3 is 10.5 Å². The van der Waals surface area contributed by atoms with Crippen molar-refractivity contribution in [3.05, 3.63) is 35.6 Å². The Balaban J connectivity index is 2.27. The Morgan fingerprint density at radius 2 is 2.12 bits per heavy atom. The third-order valence-electron chi connectivity index (χ3n) is 2.27. The van der Waals surface area contributed by atoms with Crippen molar-refractivity contribution in [3.8, 4) is 0 Å². The van der Waals surface area contributed by atoms with Crippen LogP contribution in [0.3, 0.4) is 0 Å². The van der Waals surface area contributed by atoms with E-state index in [0.717, 1.165) is 5.56 Å². The molecule has 1 rings (SSSR count). The summed E-state index contributed by atoms with van der Waals surface area (Å²) in [5.41, 5.74) is 6.83. The van der Waals surface area contributed by atoms with Crippen molar-refractivity contribution in [3.63, 3.8) is 0 Å². The molecule has 0 radical (unpaired) electrons. The van der Waals surface area contributed by atoms with Gasteiger partial charge in [0.05, 0.1) is 13.5 Å². The van der Waals surface area contributed by atoms with E-state index in [-0.39, 0.29) is 17.8 Å². The van der Waals surface area contributed by atoms with E-state index in [1.807, 2.05) is 0 Å². The number of rotatable bonds is 6. The van der Waals surface area contributed by atoms with Crippen LogP contribution in [0.15, 0.2) is 24.3 Å². The summed E-state index contributed by atoms with van der Waals surface area (Å²) in [6, 6.07) is 6.02. The molecule has 0 spiro atoms. The lowest BCUT2D eigenvalue weighted by atomic mass is 10.1. The summed E-state index contributed by atoms with van der Waals surface area (Å²) in [7, 11) is 1.37. The molecule has 0 bridgehead atoms. The zero-order valence-electron chi connectivity index (χ0n) is 9.69. The van der Waals surface area contributed by atoms with Crippen molar-refractivity contribution in [2.45, 2.75) is 12.5 Å². The van der Waals surface area contributed by atoms with Crippen molar-refractivity contribution < 1.29 is 13.9 Å². The van der Waals surface area contributed by atoms with Gasteiger partial charge in [0.25, 0.3) is 0 Å². The summed E-state index contributed by atoms with van der Waals surface area (Å²) < 4.78 is 17.2. The first-order valence-corrected chi connectivity index (χ1v) is 6.44. The van der Waals surface area contributed by atoms with Crippen molar-refractivity contribution >= 4 is 17.7 Å². The van der Waals surface area contributed by atoms with Crippen LogP contribution >= 0.6 is 11.8 Å². The number of benzene rings is 1. The molecule has 1 atom stereocenters. The number of hydrogen-bond donors (Lipinski definition) is 1. The van der Waals surface area contributed by atoms with Gasteiger partial charge in [-0.25, -0.2) is 4.39 Å². The van der Waals surface area contributed by atoms with E-state index in [0.29, 0.717) is 17.9 Å². The fourth-order valence-corrected chi connectivity index (χ4v) is 2.20. The maximum absolute atomic E-state index is 12.7. The molecule has 94 valence electrons. The van der Waals surface area contributed by atoms with Gasteiger partial charge in [0.15, 0.2) is 0 Å². The molecule has 17 heavy (non-hydrogen) atoms. The molecule has 0 amide bonds. The third kappa shape index (κ3) is 5.19. The number of halogens is 1.